The maximum atomic E-state index is 12.7. The summed E-state index contributed by atoms with van der Waals surface area (Å²) in [5, 5.41) is 11.9. The minimum absolute atomic E-state index is 0.0862. The number of anilines is 1. The van der Waals surface area contributed by atoms with E-state index in [1.165, 1.54) is 13.0 Å². The molecule has 0 aliphatic rings. The normalized spacial score (nSPS) is 14.2. The van der Waals surface area contributed by atoms with Gasteiger partial charge in [0.2, 0.25) is 0 Å². The van der Waals surface area contributed by atoms with Crippen LogP contribution < -0.4 is 5.32 Å². The molecule has 1 aromatic rings. The van der Waals surface area contributed by atoms with Gasteiger partial charge in [0, 0.05) is 10.1 Å². The minimum Gasteiger partial charge on any atom is -0.379 e. The second kappa shape index (κ2) is 5.97. The fourth-order valence-electron chi connectivity index (χ4n) is 1.26. The predicted molar refractivity (Wildman–Crippen MR) is 75.8 cm³/mol. The largest absolute Gasteiger partial charge is 0.407 e. The zero-order valence-corrected chi connectivity index (χ0v) is 12.4. The standard InChI is InChI=1S/C12H10F3IN2O2/c1-11(20,6-16)10(19)18-7-3-4-9(17-2)8(5-7)12(13,14)15/h3-5,20H,6H2,1H3,(H,18,19)/t11-/m0/s1. The van der Waals surface area contributed by atoms with Crippen LogP contribution in [0.3, 0.4) is 0 Å². The van der Waals surface area contributed by atoms with Gasteiger partial charge < -0.3 is 10.4 Å². The van der Waals surface area contributed by atoms with Gasteiger partial charge >= 0.3 is 6.18 Å². The average molecular weight is 398 g/mol. The first-order valence-corrected chi connectivity index (χ1v) is 6.83. The van der Waals surface area contributed by atoms with Crippen LogP contribution in [-0.2, 0) is 11.0 Å². The molecule has 20 heavy (non-hydrogen) atoms. The summed E-state index contributed by atoms with van der Waals surface area (Å²) in [6, 6.07) is 2.84. The summed E-state index contributed by atoms with van der Waals surface area (Å²) >= 11 is 1.79. The van der Waals surface area contributed by atoms with Crippen molar-refractivity contribution < 1.29 is 23.1 Å². The SMILES string of the molecule is [C-]#[N+]c1ccc(NC(=O)[C@@](C)(O)CI)cc1C(F)(F)F. The molecule has 0 spiro atoms. The maximum Gasteiger partial charge on any atom is 0.407 e. The van der Waals surface area contributed by atoms with Crippen molar-refractivity contribution in [3.8, 4) is 0 Å². The van der Waals surface area contributed by atoms with Crippen LogP contribution in [0, 0.1) is 6.57 Å². The summed E-state index contributed by atoms with van der Waals surface area (Å²) in [6.07, 6.45) is -4.69. The van der Waals surface area contributed by atoms with E-state index < -0.39 is 28.9 Å². The monoisotopic (exact) mass is 398 g/mol. The first-order chi connectivity index (χ1) is 9.11. The van der Waals surface area contributed by atoms with Gasteiger partial charge in [0.1, 0.15) is 5.60 Å². The van der Waals surface area contributed by atoms with Crippen molar-refractivity contribution in [2.45, 2.75) is 18.7 Å². The van der Waals surface area contributed by atoms with Crippen LogP contribution in [0.2, 0.25) is 0 Å². The highest BCUT2D eigenvalue weighted by molar-refractivity contribution is 14.1. The van der Waals surface area contributed by atoms with E-state index in [4.69, 9.17) is 6.57 Å². The summed E-state index contributed by atoms with van der Waals surface area (Å²) < 4.78 is 38.3. The van der Waals surface area contributed by atoms with Gasteiger partial charge in [-0.25, -0.2) is 4.85 Å². The molecule has 0 fully saturated rings. The third-order valence-corrected chi connectivity index (χ3v) is 3.91. The third kappa shape index (κ3) is 3.83. The van der Waals surface area contributed by atoms with Crippen molar-refractivity contribution in [3.63, 3.8) is 0 Å². The topological polar surface area (TPSA) is 53.7 Å². The van der Waals surface area contributed by atoms with Crippen molar-refractivity contribution in [1.82, 2.24) is 0 Å². The highest BCUT2D eigenvalue weighted by atomic mass is 127. The lowest BCUT2D eigenvalue weighted by Gasteiger charge is -2.20. The van der Waals surface area contributed by atoms with E-state index in [2.05, 4.69) is 10.2 Å². The highest BCUT2D eigenvalue weighted by Crippen LogP contribution is 2.38. The molecule has 0 aliphatic heterocycles. The van der Waals surface area contributed by atoms with Crippen LogP contribution in [0.25, 0.3) is 4.85 Å². The van der Waals surface area contributed by atoms with Gasteiger partial charge in [0.25, 0.3) is 5.91 Å². The second-order valence-electron chi connectivity index (χ2n) is 4.20. The molecule has 0 heterocycles. The number of nitrogens with zero attached hydrogens (tertiary/aromatic N) is 1. The Morgan fingerprint density at radius 3 is 2.55 bits per heavy atom. The second-order valence-corrected chi connectivity index (χ2v) is 4.97. The Morgan fingerprint density at radius 1 is 1.50 bits per heavy atom. The fraction of sp³-hybridized carbons (Fsp3) is 0.333. The number of rotatable bonds is 3. The Morgan fingerprint density at radius 2 is 2.10 bits per heavy atom. The fourth-order valence-corrected chi connectivity index (χ4v) is 1.61. The molecule has 108 valence electrons. The Bertz CT molecular complexity index is 565. The smallest absolute Gasteiger partial charge is 0.379 e. The molecule has 0 aliphatic carbocycles. The van der Waals surface area contributed by atoms with Gasteiger partial charge in [-0.15, -0.1) is 0 Å². The molecule has 0 unspecified atom stereocenters. The summed E-state index contributed by atoms with van der Waals surface area (Å²) in [4.78, 5) is 14.5. The Kier molecular flexibility index (Phi) is 4.99. The summed E-state index contributed by atoms with van der Waals surface area (Å²) in [5.74, 6) is -0.810. The van der Waals surface area contributed by atoms with Crippen LogP contribution in [0.15, 0.2) is 18.2 Å². The third-order valence-electron chi connectivity index (χ3n) is 2.43. The quantitative estimate of drug-likeness (QED) is 0.466. The Balaban J connectivity index is 3.12. The minimum atomic E-state index is -4.69. The van der Waals surface area contributed by atoms with E-state index in [-0.39, 0.29) is 10.1 Å². The number of hydrogen-bond acceptors (Lipinski definition) is 2. The van der Waals surface area contributed by atoms with Crippen molar-refractivity contribution in [2.75, 3.05) is 9.74 Å². The molecular weight excluding hydrogens is 388 g/mol. The number of nitrogens with one attached hydrogen (secondary N) is 1. The predicted octanol–water partition coefficient (Wildman–Crippen LogP) is 3.38. The number of alkyl halides is 4. The van der Waals surface area contributed by atoms with Gasteiger partial charge in [-0.1, -0.05) is 28.7 Å². The molecule has 4 nitrogen and oxygen atoms in total. The van der Waals surface area contributed by atoms with Crippen LogP contribution in [-0.4, -0.2) is 21.0 Å². The van der Waals surface area contributed by atoms with Crippen molar-refractivity contribution in [2.24, 2.45) is 0 Å². The molecule has 1 aromatic carbocycles. The van der Waals surface area contributed by atoms with Crippen LogP contribution in [0.1, 0.15) is 12.5 Å². The number of benzene rings is 1. The molecule has 1 amide bonds. The summed E-state index contributed by atoms with van der Waals surface area (Å²) in [5.41, 5.74) is -3.48. The van der Waals surface area contributed by atoms with E-state index in [1.807, 2.05) is 0 Å². The molecule has 8 heteroatoms. The maximum absolute atomic E-state index is 12.7. The molecule has 1 rings (SSSR count). The molecule has 0 radical (unpaired) electrons. The molecule has 0 saturated heterocycles. The number of carbonyl (C=O) groups excluding carboxylic acids is 1. The van der Waals surface area contributed by atoms with Crippen LogP contribution in [0.4, 0.5) is 24.5 Å². The van der Waals surface area contributed by atoms with Crippen molar-refractivity contribution >= 4 is 39.9 Å². The molecule has 1 atom stereocenters. The van der Waals surface area contributed by atoms with Gasteiger partial charge in [-0.2, -0.15) is 13.2 Å². The van der Waals surface area contributed by atoms with Crippen LogP contribution in [0.5, 0.6) is 0 Å². The average Bonchev–Trinajstić information content (AvgIpc) is 2.37. The molecule has 2 N–H and O–H groups in total. The molecule has 0 bridgehead atoms. The summed E-state index contributed by atoms with van der Waals surface area (Å²) in [7, 11) is 0. The number of aliphatic hydroxyl groups is 1. The van der Waals surface area contributed by atoms with E-state index in [9.17, 15) is 23.1 Å². The number of hydrogen-bond donors (Lipinski definition) is 2. The Hall–Kier alpha value is -1.34. The summed E-state index contributed by atoms with van der Waals surface area (Å²) in [6.45, 7) is 7.96. The van der Waals surface area contributed by atoms with E-state index in [1.54, 1.807) is 22.6 Å². The van der Waals surface area contributed by atoms with Crippen LogP contribution >= 0.6 is 22.6 Å². The van der Waals surface area contributed by atoms with Gasteiger partial charge in [-0.05, 0) is 19.1 Å². The lowest BCUT2D eigenvalue weighted by atomic mass is 10.1. The number of halogens is 4. The van der Waals surface area contributed by atoms with E-state index in [0.29, 0.717) is 6.07 Å². The molecular formula is C12H10F3IN2O2. The first-order valence-electron chi connectivity index (χ1n) is 5.30. The zero-order valence-electron chi connectivity index (χ0n) is 10.3. The Labute approximate surface area is 126 Å². The zero-order chi connectivity index (χ0) is 15.6. The van der Waals surface area contributed by atoms with Crippen molar-refractivity contribution in [3.05, 3.63) is 35.2 Å². The van der Waals surface area contributed by atoms with E-state index >= 15 is 0 Å². The van der Waals surface area contributed by atoms with Gasteiger partial charge in [0.05, 0.1) is 12.1 Å². The first kappa shape index (κ1) is 16.7. The lowest BCUT2D eigenvalue weighted by molar-refractivity contribution is -0.137. The molecule has 0 saturated carbocycles. The highest BCUT2D eigenvalue weighted by Gasteiger charge is 2.34. The van der Waals surface area contributed by atoms with Crippen molar-refractivity contribution in [1.29, 1.82) is 0 Å². The number of amides is 1. The number of carbonyl (C=O) groups is 1. The van der Waals surface area contributed by atoms with Gasteiger partial charge in [-0.3, -0.25) is 4.79 Å². The van der Waals surface area contributed by atoms with Gasteiger partial charge in [0.15, 0.2) is 5.69 Å². The lowest BCUT2D eigenvalue weighted by Crippen LogP contribution is -2.41. The molecule has 0 aromatic heterocycles. The van der Waals surface area contributed by atoms with E-state index in [0.717, 1.165) is 6.07 Å².